The molecule has 1 aliphatic heterocycles. The number of hydrogen-bond donors (Lipinski definition) is 2. The van der Waals surface area contributed by atoms with E-state index >= 15 is 0 Å². The average molecular weight is 289 g/mol. The van der Waals surface area contributed by atoms with Crippen molar-refractivity contribution in [2.75, 3.05) is 25.0 Å². The molecule has 0 radical (unpaired) electrons. The van der Waals surface area contributed by atoms with E-state index in [0.717, 1.165) is 44.8 Å². The highest BCUT2D eigenvalue weighted by atomic mass is 16.3. The smallest absolute Gasteiger partial charge is 0.126 e. The van der Waals surface area contributed by atoms with E-state index < -0.39 is 0 Å². The normalized spacial score (nSPS) is 29.9. The number of nitrogens with zero attached hydrogens (tertiary/aromatic N) is 2. The van der Waals surface area contributed by atoms with E-state index in [1.165, 1.54) is 24.8 Å². The zero-order chi connectivity index (χ0) is 14.7. The van der Waals surface area contributed by atoms with Gasteiger partial charge in [0.25, 0.3) is 0 Å². The second-order valence-electron chi connectivity index (χ2n) is 6.61. The Balaban J connectivity index is 1.62. The van der Waals surface area contributed by atoms with Crippen molar-refractivity contribution in [3.05, 3.63) is 23.9 Å². The van der Waals surface area contributed by atoms with Crippen LogP contribution in [0.5, 0.6) is 0 Å². The number of anilines is 1. The van der Waals surface area contributed by atoms with Crippen LogP contribution < -0.4 is 5.32 Å². The minimum Gasteiger partial charge on any atom is -0.390 e. The van der Waals surface area contributed by atoms with Crippen molar-refractivity contribution in [2.24, 2.45) is 5.92 Å². The molecule has 1 saturated carbocycles. The Morgan fingerprint density at radius 3 is 3.19 bits per heavy atom. The Kier molecular flexibility index (Phi) is 4.45. The predicted molar refractivity (Wildman–Crippen MR) is 85.2 cm³/mol. The Hall–Kier alpha value is -1.13. The molecule has 116 valence electrons. The van der Waals surface area contributed by atoms with Crippen LogP contribution in [0.1, 0.15) is 44.6 Å². The fourth-order valence-corrected chi connectivity index (χ4v) is 3.89. The molecular weight excluding hydrogens is 262 g/mol. The van der Waals surface area contributed by atoms with Crippen molar-refractivity contribution in [1.29, 1.82) is 0 Å². The third kappa shape index (κ3) is 3.38. The van der Waals surface area contributed by atoms with Gasteiger partial charge in [-0.25, -0.2) is 4.98 Å². The number of hydrogen-bond acceptors (Lipinski definition) is 4. The van der Waals surface area contributed by atoms with Gasteiger partial charge in [-0.15, -0.1) is 0 Å². The molecule has 2 N–H and O–H groups in total. The minimum atomic E-state index is -0.373. The highest BCUT2D eigenvalue weighted by Crippen LogP contribution is 2.40. The summed E-state index contributed by atoms with van der Waals surface area (Å²) < 4.78 is 0. The molecule has 2 unspecified atom stereocenters. The molecule has 1 aliphatic carbocycles. The first-order valence-electron chi connectivity index (χ1n) is 8.33. The summed E-state index contributed by atoms with van der Waals surface area (Å²) in [5.74, 6) is 1.43. The van der Waals surface area contributed by atoms with Crippen molar-refractivity contribution in [1.82, 2.24) is 9.88 Å². The van der Waals surface area contributed by atoms with Crippen LogP contribution in [0.3, 0.4) is 0 Å². The van der Waals surface area contributed by atoms with Gasteiger partial charge in [-0.2, -0.15) is 0 Å². The number of nitrogens with one attached hydrogen (secondary N) is 1. The van der Waals surface area contributed by atoms with Gasteiger partial charge >= 0.3 is 0 Å². The molecule has 2 aliphatic rings. The number of piperidine rings is 1. The Morgan fingerprint density at radius 2 is 2.33 bits per heavy atom. The molecule has 0 bridgehead atoms. The number of aliphatic hydroxyl groups is 1. The number of aromatic nitrogens is 1. The van der Waals surface area contributed by atoms with Crippen LogP contribution in [0.4, 0.5) is 5.82 Å². The number of pyridine rings is 1. The summed E-state index contributed by atoms with van der Waals surface area (Å²) in [6, 6.07) is 4.24. The molecular formula is C17H27N3O. The van der Waals surface area contributed by atoms with Crippen LogP contribution >= 0.6 is 0 Å². The van der Waals surface area contributed by atoms with Gasteiger partial charge in [0.05, 0.1) is 5.60 Å². The molecule has 1 saturated heterocycles. The lowest BCUT2D eigenvalue weighted by Crippen LogP contribution is -2.52. The quantitative estimate of drug-likeness (QED) is 0.894. The molecule has 1 aromatic rings. The van der Waals surface area contributed by atoms with E-state index in [0.29, 0.717) is 5.92 Å². The highest BCUT2D eigenvalue weighted by molar-refractivity contribution is 5.37. The van der Waals surface area contributed by atoms with Gasteiger partial charge in [0.1, 0.15) is 5.82 Å². The SMILES string of the molecule is CCNc1cc(CN2CCC3(O)CCCCC3C2)ccn1. The first kappa shape index (κ1) is 14.8. The van der Waals surface area contributed by atoms with Crippen molar-refractivity contribution < 1.29 is 5.11 Å². The molecule has 1 aromatic heterocycles. The van der Waals surface area contributed by atoms with Gasteiger partial charge in [-0.05, 0) is 43.9 Å². The van der Waals surface area contributed by atoms with Crippen LogP contribution in [0.25, 0.3) is 0 Å². The Labute approximate surface area is 127 Å². The van der Waals surface area contributed by atoms with Gasteiger partial charge in [0.15, 0.2) is 0 Å². The van der Waals surface area contributed by atoms with Gasteiger partial charge in [0, 0.05) is 38.3 Å². The molecule has 4 heteroatoms. The maximum Gasteiger partial charge on any atom is 0.126 e. The van der Waals surface area contributed by atoms with E-state index in [2.05, 4.69) is 34.3 Å². The molecule has 2 fully saturated rings. The highest BCUT2D eigenvalue weighted by Gasteiger charge is 2.42. The summed E-state index contributed by atoms with van der Waals surface area (Å²) in [7, 11) is 0. The van der Waals surface area contributed by atoms with Crippen LogP contribution in [-0.2, 0) is 6.54 Å². The fraction of sp³-hybridized carbons (Fsp3) is 0.706. The molecule has 3 rings (SSSR count). The number of likely N-dealkylation sites (tertiary alicyclic amines) is 1. The van der Waals surface area contributed by atoms with E-state index in [1.807, 2.05) is 6.20 Å². The Bertz CT molecular complexity index is 479. The van der Waals surface area contributed by atoms with Gasteiger partial charge in [0.2, 0.25) is 0 Å². The minimum absolute atomic E-state index is 0.373. The largest absolute Gasteiger partial charge is 0.390 e. The molecule has 0 spiro atoms. The molecule has 21 heavy (non-hydrogen) atoms. The maximum absolute atomic E-state index is 10.7. The monoisotopic (exact) mass is 289 g/mol. The second kappa shape index (κ2) is 6.32. The molecule has 4 nitrogen and oxygen atoms in total. The van der Waals surface area contributed by atoms with E-state index in [4.69, 9.17) is 0 Å². The van der Waals surface area contributed by atoms with Crippen molar-refractivity contribution in [3.63, 3.8) is 0 Å². The van der Waals surface area contributed by atoms with E-state index in [9.17, 15) is 5.11 Å². The summed E-state index contributed by atoms with van der Waals surface area (Å²) in [5, 5.41) is 14.0. The summed E-state index contributed by atoms with van der Waals surface area (Å²) in [5.41, 5.74) is 0.934. The average Bonchev–Trinajstić information content (AvgIpc) is 2.48. The lowest BCUT2D eigenvalue weighted by atomic mass is 9.71. The van der Waals surface area contributed by atoms with E-state index in [1.54, 1.807) is 0 Å². The maximum atomic E-state index is 10.7. The van der Waals surface area contributed by atoms with Gasteiger partial charge < -0.3 is 10.4 Å². The predicted octanol–water partition coefficient (Wildman–Crippen LogP) is 2.64. The van der Waals surface area contributed by atoms with Crippen LogP contribution in [-0.4, -0.2) is 40.2 Å². The zero-order valence-corrected chi connectivity index (χ0v) is 13.0. The lowest BCUT2D eigenvalue weighted by molar-refractivity contribution is -0.0967. The summed E-state index contributed by atoms with van der Waals surface area (Å²) in [4.78, 5) is 6.82. The second-order valence-corrected chi connectivity index (χ2v) is 6.61. The zero-order valence-electron chi connectivity index (χ0n) is 13.0. The number of rotatable bonds is 4. The van der Waals surface area contributed by atoms with Crippen molar-refractivity contribution in [3.8, 4) is 0 Å². The van der Waals surface area contributed by atoms with Crippen LogP contribution in [0, 0.1) is 5.92 Å². The third-order valence-electron chi connectivity index (χ3n) is 5.10. The molecule has 2 heterocycles. The molecule has 2 atom stereocenters. The summed E-state index contributed by atoms with van der Waals surface area (Å²) >= 11 is 0. The van der Waals surface area contributed by atoms with Crippen LogP contribution in [0.15, 0.2) is 18.3 Å². The first-order valence-corrected chi connectivity index (χ1v) is 8.33. The van der Waals surface area contributed by atoms with E-state index in [-0.39, 0.29) is 5.60 Å². The van der Waals surface area contributed by atoms with Gasteiger partial charge in [-0.1, -0.05) is 12.8 Å². The summed E-state index contributed by atoms with van der Waals surface area (Å²) in [6.45, 7) is 5.99. The molecule has 0 aromatic carbocycles. The standard InChI is InChI=1S/C17H27N3O/c1-2-18-16-11-14(6-9-19-16)12-20-10-8-17(21)7-4-3-5-15(17)13-20/h6,9,11,15,21H,2-5,7-8,10,12-13H2,1H3,(H,18,19). The van der Waals surface area contributed by atoms with Gasteiger partial charge in [-0.3, -0.25) is 4.90 Å². The topological polar surface area (TPSA) is 48.4 Å². The fourth-order valence-electron chi connectivity index (χ4n) is 3.89. The molecule has 0 amide bonds. The first-order chi connectivity index (χ1) is 10.2. The number of fused-ring (bicyclic) bond motifs is 1. The van der Waals surface area contributed by atoms with Crippen molar-refractivity contribution >= 4 is 5.82 Å². The van der Waals surface area contributed by atoms with Crippen LogP contribution in [0.2, 0.25) is 0 Å². The lowest BCUT2D eigenvalue weighted by Gasteiger charge is -2.47. The Morgan fingerprint density at radius 1 is 1.43 bits per heavy atom. The summed E-state index contributed by atoms with van der Waals surface area (Å²) in [6.07, 6.45) is 7.48. The van der Waals surface area contributed by atoms with Crippen molar-refractivity contribution in [2.45, 2.75) is 51.2 Å². The third-order valence-corrected chi connectivity index (χ3v) is 5.10.